The Morgan fingerprint density at radius 1 is 0.791 bits per heavy atom. The van der Waals surface area contributed by atoms with E-state index in [0.717, 1.165) is 11.1 Å². The zero-order valence-electron chi connectivity index (χ0n) is 24.8. The number of primary amides is 1. The minimum absolute atomic E-state index is 0.0665. The molecule has 0 aliphatic rings. The van der Waals surface area contributed by atoms with E-state index in [-0.39, 0.29) is 25.3 Å². The highest BCUT2D eigenvalue weighted by molar-refractivity contribution is 5.96. The molecule has 0 spiro atoms. The van der Waals surface area contributed by atoms with Crippen LogP contribution in [0.2, 0.25) is 0 Å². The lowest BCUT2D eigenvalue weighted by molar-refractivity contribution is -0.128. The van der Waals surface area contributed by atoms with Crippen molar-refractivity contribution >= 4 is 23.8 Å². The van der Waals surface area contributed by atoms with Crippen LogP contribution in [0.4, 0.5) is 4.79 Å². The van der Waals surface area contributed by atoms with Crippen molar-refractivity contribution in [2.75, 3.05) is 0 Å². The van der Waals surface area contributed by atoms with Gasteiger partial charge in [-0.15, -0.1) is 0 Å². The number of carbonyl (C=O) groups is 4. The smallest absolute Gasteiger partial charge is 0.315 e. The number of amides is 5. The molecule has 0 aliphatic heterocycles. The topological polar surface area (TPSA) is 163 Å². The fourth-order valence-electron chi connectivity index (χ4n) is 4.53. The van der Waals surface area contributed by atoms with Gasteiger partial charge in [0.25, 0.3) is 5.91 Å². The number of aliphatic hydroxyl groups excluding tert-OH is 1. The highest BCUT2D eigenvalue weighted by Crippen LogP contribution is 2.17. The Hall–Kier alpha value is -4.70. The van der Waals surface area contributed by atoms with E-state index in [1.54, 1.807) is 24.3 Å². The van der Waals surface area contributed by atoms with Crippen LogP contribution in [0.1, 0.15) is 54.2 Å². The standard InChI is InChI=1S/C33H41N5O5/c1-33(2,3)38-30(41)25-17-11-10-16-24(25)19-28(39)26(18-22-12-6-4-7-13-22)36-31(42)27(20-29(34)40)37-32(43)35-21-23-14-8-5-9-15-23/h4-17,26-28,39H,18-21H2,1-3H3,(H2,34,40)(H,36,42)(H,38,41)(H2,35,37,43)/t26-,27+,28+/m0/s1. The van der Waals surface area contributed by atoms with Crippen molar-refractivity contribution in [1.29, 1.82) is 0 Å². The van der Waals surface area contributed by atoms with Crippen LogP contribution in [-0.4, -0.2) is 52.6 Å². The van der Waals surface area contributed by atoms with Gasteiger partial charge in [-0.2, -0.15) is 0 Å². The second-order valence-electron chi connectivity index (χ2n) is 11.5. The van der Waals surface area contributed by atoms with Gasteiger partial charge in [0, 0.05) is 24.1 Å². The van der Waals surface area contributed by atoms with Gasteiger partial charge in [0.15, 0.2) is 0 Å². The number of hydrogen-bond acceptors (Lipinski definition) is 5. The van der Waals surface area contributed by atoms with Gasteiger partial charge >= 0.3 is 6.03 Å². The van der Waals surface area contributed by atoms with Gasteiger partial charge in [-0.1, -0.05) is 78.9 Å². The van der Waals surface area contributed by atoms with Crippen LogP contribution >= 0.6 is 0 Å². The van der Waals surface area contributed by atoms with Crippen LogP contribution in [0.3, 0.4) is 0 Å². The molecule has 0 saturated heterocycles. The first-order chi connectivity index (χ1) is 20.4. The summed E-state index contributed by atoms with van der Waals surface area (Å²) in [5, 5.41) is 22.4. The van der Waals surface area contributed by atoms with Crippen molar-refractivity contribution in [3.05, 3.63) is 107 Å². The van der Waals surface area contributed by atoms with Gasteiger partial charge < -0.3 is 32.1 Å². The monoisotopic (exact) mass is 587 g/mol. The molecule has 43 heavy (non-hydrogen) atoms. The molecule has 0 unspecified atom stereocenters. The zero-order valence-corrected chi connectivity index (χ0v) is 24.8. The van der Waals surface area contributed by atoms with E-state index in [9.17, 15) is 24.3 Å². The number of nitrogens with two attached hydrogens (primary N) is 1. The molecule has 3 aromatic rings. The third kappa shape index (κ3) is 11.2. The second kappa shape index (κ2) is 15.5. The van der Waals surface area contributed by atoms with Crippen LogP contribution in [0.25, 0.3) is 0 Å². The maximum absolute atomic E-state index is 13.4. The van der Waals surface area contributed by atoms with Crippen LogP contribution in [0.5, 0.6) is 0 Å². The Morgan fingerprint density at radius 2 is 1.37 bits per heavy atom. The van der Waals surface area contributed by atoms with Gasteiger partial charge in [-0.05, 0) is 49.9 Å². The molecule has 3 rings (SSSR count). The van der Waals surface area contributed by atoms with Crippen LogP contribution in [0.15, 0.2) is 84.9 Å². The summed E-state index contributed by atoms with van der Waals surface area (Å²) in [6.45, 7) is 5.86. The van der Waals surface area contributed by atoms with Gasteiger partial charge in [0.05, 0.1) is 18.6 Å². The number of nitrogens with one attached hydrogen (secondary N) is 4. The average molecular weight is 588 g/mol. The van der Waals surface area contributed by atoms with Gasteiger partial charge in [0.1, 0.15) is 6.04 Å². The van der Waals surface area contributed by atoms with Crippen molar-refractivity contribution < 1.29 is 24.3 Å². The third-order valence-corrected chi connectivity index (χ3v) is 6.59. The molecule has 3 aromatic carbocycles. The largest absolute Gasteiger partial charge is 0.391 e. The molecular weight excluding hydrogens is 546 g/mol. The van der Waals surface area contributed by atoms with E-state index in [0.29, 0.717) is 11.1 Å². The third-order valence-electron chi connectivity index (χ3n) is 6.59. The molecule has 0 fully saturated rings. The Morgan fingerprint density at radius 3 is 1.98 bits per heavy atom. The normalized spacial score (nSPS) is 13.2. The Labute approximate surface area is 252 Å². The number of benzene rings is 3. The van der Waals surface area contributed by atoms with E-state index in [1.807, 2.05) is 81.4 Å². The lowest BCUT2D eigenvalue weighted by atomic mass is 9.93. The highest BCUT2D eigenvalue weighted by Gasteiger charge is 2.29. The summed E-state index contributed by atoms with van der Waals surface area (Å²) in [4.78, 5) is 50.9. The van der Waals surface area contributed by atoms with E-state index in [2.05, 4.69) is 21.3 Å². The summed E-state index contributed by atoms with van der Waals surface area (Å²) in [6.07, 6.45) is -1.23. The summed E-state index contributed by atoms with van der Waals surface area (Å²) in [5.74, 6) is -1.72. The maximum atomic E-state index is 13.4. The molecule has 0 heterocycles. The van der Waals surface area contributed by atoms with Gasteiger partial charge in [0.2, 0.25) is 11.8 Å². The lowest BCUT2D eigenvalue weighted by Crippen LogP contribution is -2.55. The fraction of sp³-hybridized carbons (Fsp3) is 0.333. The number of rotatable bonds is 13. The Bertz CT molecular complexity index is 1380. The quantitative estimate of drug-likeness (QED) is 0.181. The van der Waals surface area contributed by atoms with Crippen molar-refractivity contribution in [3.63, 3.8) is 0 Å². The van der Waals surface area contributed by atoms with Crippen molar-refractivity contribution in [1.82, 2.24) is 21.3 Å². The molecule has 0 radical (unpaired) electrons. The molecule has 7 N–H and O–H groups in total. The first kappa shape index (κ1) is 32.8. The Kier molecular flexibility index (Phi) is 11.8. The summed E-state index contributed by atoms with van der Waals surface area (Å²) >= 11 is 0. The van der Waals surface area contributed by atoms with Crippen molar-refractivity contribution in [2.45, 2.75) is 70.3 Å². The number of aliphatic hydroxyl groups is 1. The van der Waals surface area contributed by atoms with Crippen LogP contribution < -0.4 is 27.0 Å². The molecule has 0 saturated carbocycles. The maximum Gasteiger partial charge on any atom is 0.315 e. The lowest BCUT2D eigenvalue weighted by Gasteiger charge is -2.28. The van der Waals surface area contributed by atoms with E-state index in [1.165, 1.54) is 0 Å². The first-order valence-corrected chi connectivity index (χ1v) is 14.2. The predicted molar refractivity (Wildman–Crippen MR) is 165 cm³/mol. The molecular formula is C33H41N5O5. The number of carbonyl (C=O) groups excluding carboxylic acids is 4. The SMILES string of the molecule is CC(C)(C)NC(=O)c1ccccc1C[C@@H](O)[C@H](Cc1ccccc1)NC(=O)[C@@H](CC(N)=O)NC(=O)NCc1ccccc1. The molecule has 5 amide bonds. The zero-order chi connectivity index (χ0) is 31.4. The van der Waals surface area contributed by atoms with Gasteiger partial charge in [-0.25, -0.2) is 4.79 Å². The number of urea groups is 1. The number of hydrogen-bond donors (Lipinski definition) is 6. The van der Waals surface area contributed by atoms with Crippen molar-refractivity contribution in [2.24, 2.45) is 5.73 Å². The Balaban J connectivity index is 1.78. The second-order valence-corrected chi connectivity index (χ2v) is 11.5. The summed E-state index contributed by atoms with van der Waals surface area (Å²) in [6, 6.07) is 22.7. The van der Waals surface area contributed by atoms with Crippen molar-refractivity contribution in [3.8, 4) is 0 Å². The molecule has 10 heteroatoms. The predicted octanol–water partition coefficient (Wildman–Crippen LogP) is 2.59. The highest BCUT2D eigenvalue weighted by atomic mass is 16.3. The summed E-state index contributed by atoms with van der Waals surface area (Å²) in [7, 11) is 0. The summed E-state index contributed by atoms with van der Waals surface area (Å²) < 4.78 is 0. The molecule has 0 aliphatic carbocycles. The first-order valence-electron chi connectivity index (χ1n) is 14.2. The van der Waals surface area contributed by atoms with Crippen LogP contribution in [0, 0.1) is 0 Å². The minimum Gasteiger partial charge on any atom is -0.391 e. The molecule has 10 nitrogen and oxygen atoms in total. The molecule has 0 bridgehead atoms. The summed E-state index contributed by atoms with van der Waals surface area (Å²) in [5.41, 5.74) is 7.68. The molecule has 0 aromatic heterocycles. The van der Waals surface area contributed by atoms with Crippen LogP contribution in [-0.2, 0) is 29.0 Å². The fourth-order valence-corrected chi connectivity index (χ4v) is 4.53. The minimum atomic E-state index is -1.27. The molecule has 3 atom stereocenters. The van der Waals surface area contributed by atoms with E-state index in [4.69, 9.17) is 5.73 Å². The average Bonchev–Trinajstić information content (AvgIpc) is 2.95. The van der Waals surface area contributed by atoms with E-state index >= 15 is 0 Å². The van der Waals surface area contributed by atoms with Gasteiger partial charge in [-0.3, -0.25) is 14.4 Å². The van der Waals surface area contributed by atoms with E-state index < -0.39 is 48.0 Å². The molecule has 228 valence electrons.